The van der Waals surface area contributed by atoms with Crippen molar-refractivity contribution < 1.29 is 28.2 Å². The minimum atomic E-state index is -4.00. The van der Waals surface area contributed by atoms with Crippen LogP contribution in [-0.2, 0) is 19.6 Å². The van der Waals surface area contributed by atoms with Gasteiger partial charge in [-0.25, -0.2) is 8.42 Å². The van der Waals surface area contributed by atoms with Gasteiger partial charge in [0.15, 0.2) is 0 Å². The molecular weight excluding hydrogens is 623 g/mol. The van der Waals surface area contributed by atoms with Crippen LogP contribution in [0.2, 0.25) is 5.02 Å². The molecule has 0 aromatic heterocycles. The van der Waals surface area contributed by atoms with Gasteiger partial charge in [0.2, 0.25) is 10.0 Å². The second-order valence-electron chi connectivity index (χ2n) is 10.6. The van der Waals surface area contributed by atoms with Crippen molar-refractivity contribution in [3.8, 4) is 11.1 Å². The van der Waals surface area contributed by atoms with Crippen LogP contribution in [-0.4, -0.2) is 48.0 Å². The number of nitrogens with one attached hydrogen (secondary N) is 1. The minimum absolute atomic E-state index is 0.00815. The second kappa shape index (κ2) is 13.5. The van der Waals surface area contributed by atoms with Gasteiger partial charge < -0.3 is 15.9 Å². The van der Waals surface area contributed by atoms with E-state index in [1.807, 2.05) is 72.8 Å². The first-order valence-electron chi connectivity index (χ1n) is 13.6. The lowest BCUT2D eigenvalue weighted by Gasteiger charge is -2.16. The van der Waals surface area contributed by atoms with Crippen molar-refractivity contribution in [1.29, 1.82) is 0 Å². The highest BCUT2D eigenvalue weighted by Crippen LogP contribution is 2.52. The molecule has 2 fully saturated rings. The van der Waals surface area contributed by atoms with E-state index >= 15 is 0 Å². The quantitative estimate of drug-likeness (QED) is 0.168. The Kier molecular flexibility index (Phi) is 10.2. The number of carboxylic acid groups (broad SMARTS) is 2. The first kappa shape index (κ1) is 33.2. The van der Waals surface area contributed by atoms with Crippen molar-refractivity contribution in [2.75, 3.05) is 6.38 Å². The molecule has 0 saturated heterocycles. The maximum Gasteiger partial charge on any atom is 0.325 e. The normalized spacial score (nSPS) is 23.2. The van der Waals surface area contributed by atoms with Gasteiger partial charge in [-0.2, -0.15) is 4.72 Å². The Hall–Kier alpha value is -3.73. The molecule has 4 aromatic rings. The van der Waals surface area contributed by atoms with Crippen LogP contribution >= 0.6 is 23.2 Å². The van der Waals surface area contributed by atoms with E-state index in [4.69, 9.17) is 22.4 Å². The number of aliphatic carboxylic acids is 2. The van der Waals surface area contributed by atoms with Gasteiger partial charge >= 0.3 is 11.9 Å². The predicted molar refractivity (Wildman–Crippen MR) is 172 cm³/mol. The van der Waals surface area contributed by atoms with Gasteiger partial charge in [-0.3, -0.25) is 9.59 Å². The Morgan fingerprint density at radius 2 is 1.18 bits per heavy atom. The predicted octanol–water partition coefficient (Wildman–Crippen LogP) is 6.11. The number of rotatable bonds is 8. The summed E-state index contributed by atoms with van der Waals surface area (Å²) in [6.07, 6.45) is 2.24. The highest BCUT2D eigenvalue weighted by Gasteiger charge is 2.63. The third-order valence-electron chi connectivity index (χ3n) is 7.81. The van der Waals surface area contributed by atoms with E-state index in [2.05, 4.69) is 16.3 Å². The van der Waals surface area contributed by atoms with Crippen LogP contribution in [0.25, 0.3) is 11.1 Å². The number of hydrogen-bond donors (Lipinski definition) is 4. The zero-order valence-electron chi connectivity index (χ0n) is 23.7. The first-order chi connectivity index (χ1) is 21.0. The van der Waals surface area contributed by atoms with Crippen molar-refractivity contribution in [3.63, 3.8) is 0 Å². The fourth-order valence-electron chi connectivity index (χ4n) is 5.13. The van der Waals surface area contributed by atoms with E-state index in [9.17, 15) is 23.1 Å². The van der Waals surface area contributed by atoms with Gasteiger partial charge in [-0.1, -0.05) is 96.5 Å². The van der Waals surface area contributed by atoms with Crippen molar-refractivity contribution in [2.24, 2.45) is 5.73 Å². The third kappa shape index (κ3) is 7.14. The molecule has 0 bridgehead atoms. The van der Waals surface area contributed by atoms with Gasteiger partial charge in [-0.05, 0) is 59.4 Å². The second-order valence-corrected chi connectivity index (χ2v) is 12.7. The summed E-state index contributed by atoms with van der Waals surface area (Å²) in [5.74, 6) is -2.48. The monoisotopic (exact) mass is 654 g/mol. The molecule has 0 radical (unpaired) electrons. The first-order valence-corrected chi connectivity index (χ1v) is 16.2. The Morgan fingerprint density at radius 1 is 0.727 bits per heavy atom. The largest absolute Gasteiger partial charge is 0.480 e. The van der Waals surface area contributed by atoms with Gasteiger partial charge in [-0.15, -0.1) is 11.6 Å². The van der Waals surface area contributed by atoms with E-state index < -0.39 is 39.0 Å². The molecule has 4 aromatic carbocycles. The van der Waals surface area contributed by atoms with Gasteiger partial charge in [0.25, 0.3) is 0 Å². The molecule has 0 aliphatic heterocycles. The summed E-state index contributed by atoms with van der Waals surface area (Å²) in [6.45, 7) is 0. The van der Waals surface area contributed by atoms with Gasteiger partial charge in [0.05, 0.1) is 4.90 Å². The highest BCUT2D eigenvalue weighted by atomic mass is 35.5. The fourth-order valence-corrected chi connectivity index (χ4v) is 6.66. The van der Waals surface area contributed by atoms with Crippen LogP contribution in [0.3, 0.4) is 0 Å². The van der Waals surface area contributed by atoms with Gasteiger partial charge in [0, 0.05) is 23.2 Å². The van der Waals surface area contributed by atoms with Crippen LogP contribution in [0.15, 0.2) is 114 Å². The van der Waals surface area contributed by atoms with Crippen molar-refractivity contribution >= 4 is 45.2 Å². The molecule has 0 amide bonds. The maximum atomic E-state index is 12.9. The zero-order valence-corrected chi connectivity index (χ0v) is 26.1. The molecular formula is C33H32Cl2N2O6S. The molecule has 0 heterocycles. The molecule has 44 heavy (non-hydrogen) atoms. The van der Waals surface area contributed by atoms with Crippen molar-refractivity contribution in [3.05, 3.63) is 125 Å². The van der Waals surface area contributed by atoms with Crippen LogP contribution in [0.1, 0.15) is 35.8 Å². The van der Waals surface area contributed by atoms with E-state index in [-0.39, 0.29) is 17.2 Å². The average Bonchev–Trinajstić information content (AvgIpc) is 3.95. The van der Waals surface area contributed by atoms with E-state index in [1.165, 1.54) is 18.5 Å². The summed E-state index contributed by atoms with van der Waals surface area (Å²) in [7, 11) is -4.00. The Morgan fingerprint density at radius 3 is 1.61 bits per heavy atom. The topological polar surface area (TPSA) is 147 Å². The number of alkyl halides is 1. The molecule has 6 rings (SSSR count). The summed E-state index contributed by atoms with van der Waals surface area (Å²) in [5.41, 5.74) is 6.69. The number of carbonyl (C=O) groups is 2. The van der Waals surface area contributed by atoms with Crippen molar-refractivity contribution in [2.45, 2.75) is 40.7 Å². The van der Waals surface area contributed by atoms with Gasteiger partial charge in [0.1, 0.15) is 11.1 Å². The minimum Gasteiger partial charge on any atom is -0.480 e. The Bertz CT molecular complexity index is 1710. The number of benzene rings is 4. The zero-order chi connectivity index (χ0) is 32.1. The molecule has 4 atom stereocenters. The van der Waals surface area contributed by atoms with Crippen LogP contribution in [0.5, 0.6) is 0 Å². The summed E-state index contributed by atoms with van der Waals surface area (Å²) in [4.78, 5) is 22.7. The number of carboxylic acids is 2. The Labute approximate surface area is 266 Å². The summed E-state index contributed by atoms with van der Waals surface area (Å²) >= 11 is 10.5. The summed E-state index contributed by atoms with van der Waals surface area (Å²) in [5, 5.41) is 19.2. The molecule has 11 heteroatoms. The lowest BCUT2D eigenvalue weighted by Crippen LogP contribution is -2.44. The number of nitrogens with two attached hydrogens (primary N) is 1. The average molecular weight is 656 g/mol. The van der Waals surface area contributed by atoms with Crippen LogP contribution < -0.4 is 10.5 Å². The fraction of sp³-hybridized carbons (Fsp3) is 0.212. The maximum absolute atomic E-state index is 12.9. The number of sulfonamides is 1. The van der Waals surface area contributed by atoms with E-state index in [0.29, 0.717) is 11.4 Å². The van der Waals surface area contributed by atoms with E-state index in [0.717, 1.165) is 22.3 Å². The molecule has 0 unspecified atom stereocenters. The molecule has 8 nitrogen and oxygen atoms in total. The number of halogens is 2. The lowest BCUT2D eigenvalue weighted by molar-refractivity contribution is -0.141. The summed E-state index contributed by atoms with van der Waals surface area (Å²) in [6, 6.07) is 32.2. The lowest BCUT2D eigenvalue weighted by atomic mass is 10.1. The smallest absolute Gasteiger partial charge is 0.325 e. The Balaban J connectivity index is 0.000000245. The van der Waals surface area contributed by atoms with Crippen LogP contribution in [0, 0.1) is 0 Å². The van der Waals surface area contributed by atoms with Crippen LogP contribution in [0.4, 0.5) is 0 Å². The molecule has 2 aliphatic rings. The van der Waals surface area contributed by atoms with E-state index in [1.54, 1.807) is 24.3 Å². The number of hydrogen-bond acceptors (Lipinski definition) is 5. The third-order valence-corrected chi connectivity index (χ3v) is 9.58. The summed E-state index contributed by atoms with van der Waals surface area (Å²) < 4.78 is 28.2. The van der Waals surface area contributed by atoms with Crippen molar-refractivity contribution in [1.82, 2.24) is 4.72 Å². The molecule has 230 valence electrons. The SMILES string of the molecule is CCl.N[C@@]1(C(=O)O)C[C@@H]1c1ccccc1.O=C(O)[C@]1(NS(=O)(=O)c2ccc(-c3ccc(Cl)cc3)cc2)C[C@@H]1c1ccccc1. The molecule has 2 saturated carbocycles. The molecule has 0 spiro atoms. The molecule has 5 N–H and O–H groups in total. The standard InChI is InChI=1S/C22H18ClNO4S.C10H11NO2.CH3Cl/c23-18-10-6-15(7-11-18)16-8-12-19(13-9-16)29(27,28)24-22(21(25)26)14-20(22)17-4-2-1-3-5-17;11-10(9(12)13)6-8(10)7-4-2-1-3-5-7;1-2/h1-13,20,24H,14H2,(H,25,26);1-5,8H,6,11H2,(H,12,13);1H3/t20-,22+;8-,10+;/m11./s1. The molecule has 2 aliphatic carbocycles. The highest BCUT2D eigenvalue weighted by molar-refractivity contribution is 7.89.